The molecule has 0 aliphatic carbocycles. The van der Waals surface area contributed by atoms with Gasteiger partial charge < -0.3 is 14.9 Å². The van der Waals surface area contributed by atoms with E-state index in [2.05, 4.69) is 4.98 Å². The van der Waals surface area contributed by atoms with Gasteiger partial charge in [0.25, 0.3) is 0 Å². The van der Waals surface area contributed by atoms with Crippen molar-refractivity contribution in [2.24, 2.45) is 0 Å². The molecular weight excluding hydrogens is 300 g/mol. The average molecular weight is 312 g/mol. The number of aromatic nitrogens is 2. The third-order valence-corrected chi connectivity index (χ3v) is 3.43. The minimum absolute atomic E-state index is 0.0305. The van der Waals surface area contributed by atoms with E-state index in [4.69, 9.17) is 9.84 Å². The molecule has 0 saturated heterocycles. The number of hydrogen-bond donors (Lipinski definition) is 2. The highest BCUT2D eigenvalue weighted by Gasteiger charge is 2.20. The van der Waals surface area contributed by atoms with Crippen LogP contribution in [0.2, 0.25) is 0 Å². The van der Waals surface area contributed by atoms with E-state index >= 15 is 0 Å². The maximum Gasteiger partial charge on any atom is 0.356 e. The summed E-state index contributed by atoms with van der Waals surface area (Å²) < 4.78 is 6.73. The molecule has 7 nitrogen and oxygen atoms in total. The lowest BCUT2D eigenvalue weighted by Gasteiger charge is -2.07. The van der Waals surface area contributed by atoms with E-state index in [-0.39, 0.29) is 11.3 Å². The molecule has 1 aromatic carbocycles. The maximum absolute atomic E-state index is 11.4. The van der Waals surface area contributed by atoms with E-state index in [9.17, 15) is 14.7 Å². The molecule has 2 N–H and O–H groups in total. The summed E-state index contributed by atoms with van der Waals surface area (Å²) in [5.74, 6) is -1.48. The summed E-state index contributed by atoms with van der Waals surface area (Å²) in [5.41, 5.74) is 0.759. The first-order valence-electron chi connectivity index (χ1n) is 6.65. The Bertz CT molecular complexity index is 929. The van der Waals surface area contributed by atoms with Crippen LogP contribution in [0.4, 0.5) is 0 Å². The van der Waals surface area contributed by atoms with Gasteiger partial charge in [-0.15, -0.1) is 0 Å². The first kappa shape index (κ1) is 14.6. The normalized spacial score (nSPS) is 10.7. The molecule has 23 heavy (non-hydrogen) atoms. The van der Waals surface area contributed by atoms with Gasteiger partial charge in [-0.3, -0.25) is 4.40 Å². The van der Waals surface area contributed by atoms with Gasteiger partial charge in [0.15, 0.2) is 5.69 Å². The fraction of sp³-hybridized carbons (Fsp3) is 0.0625. The molecule has 0 fully saturated rings. The van der Waals surface area contributed by atoms with Gasteiger partial charge >= 0.3 is 11.9 Å². The summed E-state index contributed by atoms with van der Waals surface area (Å²) in [4.78, 5) is 26.7. The zero-order chi connectivity index (χ0) is 16.6. The van der Waals surface area contributed by atoms with E-state index in [0.717, 1.165) is 0 Å². The van der Waals surface area contributed by atoms with Crippen molar-refractivity contribution in [3.05, 3.63) is 53.9 Å². The second kappa shape index (κ2) is 5.45. The van der Waals surface area contributed by atoms with Gasteiger partial charge in [-0.1, -0.05) is 12.1 Å². The largest absolute Gasteiger partial charge is 0.496 e. The number of para-hydroxylation sites is 1. The molecule has 0 bridgehead atoms. The Hall–Kier alpha value is -3.35. The van der Waals surface area contributed by atoms with Crippen molar-refractivity contribution in [3.63, 3.8) is 0 Å². The number of ether oxygens (including phenoxy) is 1. The van der Waals surface area contributed by atoms with Crippen LogP contribution >= 0.6 is 0 Å². The van der Waals surface area contributed by atoms with Crippen LogP contribution in [0, 0.1) is 0 Å². The first-order valence-corrected chi connectivity index (χ1v) is 6.65. The van der Waals surface area contributed by atoms with Crippen LogP contribution in [0.15, 0.2) is 42.6 Å². The predicted molar refractivity (Wildman–Crippen MR) is 81.1 cm³/mol. The molecule has 0 radical (unpaired) electrons. The van der Waals surface area contributed by atoms with Crippen LogP contribution in [-0.4, -0.2) is 38.6 Å². The number of aromatic carboxylic acids is 2. The minimum atomic E-state index is -1.19. The van der Waals surface area contributed by atoms with Crippen LogP contribution in [0.25, 0.3) is 16.9 Å². The summed E-state index contributed by atoms with van der Waals surface area (Å²) in [6.45, 7) is 0. The van der Waals surface area contributed by atoms with Gasteiger partial charge in [-0.25, -0.2) is 14.6 Å². The summed E-state index contributed by atoms with van der Waals surface area (Å²) in [7, 11) is 1.50. The summed E-state index contributed by atoms with van der Waals surface area (Å²) in [6.07, 6.45) is 1.35. The highest BCUT2D eigenvalue weighted by molar-refractivity contribution is 5.96. The average Bonchev–Trinajstić information content (AvgIpc) is 2.93. The minimum Gasteiger partial charge on any atom is -0.496 e. The van der Waals surface area contributed by atoms with Crippen LogP contribution in [-0.2, 0) is 0 Å². The van der Waals surface area contributed by atoms with E-state index in [1.807, 2.05) is 0 Å². The monoisotopic (exact) mass is 312 g/mol. The predicted octanol–water partition coefficient (Wildman–Crippen LogP) is 2.41. The number of carbonyl (C=O) groups is 2. The van der Waals surface area contributed by atoms with Crippen LogP contribution in [0.1, 0.15) is 20.8 Å². The molecule has 0 amide bonds. The van der Waals surface area contributed by atoms with Crippen LogP contribution in [0.3, 0.4) is 0 Å². The van der Waals surface area contributed by atoms with Crippen LogP contribution < -0.4 is 4.74 Å². The molecule has 2 aromatic heterocycles. The van der Waals surface area contributed by atoms with Crippen molar-refractivity contribution in [1.29, 1.82) is 0 Å². The number of rotatable bonds is 4. The third kappa shape index (κ3) is 2.38. The Morgan fingerprint density at radius 2 is 1.83 bits per heavy atom. The van der Waals surface area contributed by atoms with Crippen molar-refractivity contribution in [2.45, 2.75) is 0 Å². The van der Waals surface area contributed by atoms with Gasteiger partial charge in [-0.05, 0) is 24.3 Å². The van der Waals surface area contributed by atoms with Crippen molar-refractivity contribution in [3.8, 4) is 17.1 Å². The lowest BCUT2D eigenvalue weighted by molar-refractivity contribution is 0.0685. The highest BCUT2D eigenvalue weighted by atomic mass is 16.5. The molecular formula is C16H12N2O5. The molecule has 0 spiro atoms. The van der Waals surface area contributed by atoms with Gasteiger partial charge in [-0.2, -0.15) is 0 Å². The van der Waals surface area contributed by atoms with Gasteiger partial charge in [0.1, 0.15) is 11.6 Å². The molecule has 0 atom stereocenters. The SMILES string of the molecule is COc1ccccc1-c1nc(C(=O)O)c2ccc(C(=O)O)cn12. The number of benzene rings is 1. The highest BCUT2D eigenvalue weighted by Crippen LogP contribution is 2.30. The van der Waals surface area contributed by atoms with E-state index in [1.54, 1.807) is 24.3 Å². The summed E-state index contributed by atoms with van der Waals surface area (Å²) >= 11 is 0. The Morgan fingerprint density at radius 3 is 2.48 bits per heavy atom. The van der Waals surface area contributed by atoms with E-state index in [0.29, 0.717) is 22.7 Å². The van der Waals surface area contributed by atoms with E-state index < -0.39 is 11.9 Å². The van der Waals surface area contributed by atoms with Crippen molar-refractivity contribution < 1.29 is 24.5 Å². The number of methoxy groups -OCH3 is 1. The van der Waals surface area contributed by atoms with Gasteiger partial charge in [0.2, 0.25) is 0 Å². The summed E-state index contributed by atoms with van der Waals surface area (Å²) in [5, 5.41) is 18.5. The molecule has 0 unspecified atom stereocenters. The summed E-state index contributed by atoms with van der Waals surface area (Å²) in [6, 6.07) is 9.76. The van der Waals surface area contributed by atoms with Gasteiger partial charge in [0.05, 0.1) is 23.8 Å². The standard InChI is InChI=1S/C16H12N2O5/c1-23-12-5-3-2-4-10(12)14-17-13(16(21)22)11-7-6-9(15(19)20)8-18(11)14/h2-8H,1H3,(H,19,20)(H,21,22). The molecule has 3 aromatic rings. The number of fused-ring (bicyclic) bond motifs is 1. The molecule has 0 saturated carbocycles. The lowest BCUT2D eigenvalue weighted by Crippen LogP contribution is -2.01. The third-order valence-electron chi connectivity index (χ3n) is 3.43. The van der Waals surface area contributed by atoms with Crippen LogP contribution in [0.5, 0.6) is 5.75 Å². The maximum atomic E-state index is 11.4. The fourth-order valence-electron chi connectivity index (χ4n) is 2.39. The zero-order valence-corrected chi connectivity index (χ0v) is 12.1. The number of pyridine rings is 1. The van der Waals surface area contributed by atoms with Gasteiger partial charge in [0, 0.05) is 6.20 Å². The second-order valence-corrected chi connectivity index (χ2v) is 4.77. The second-order valence-electron chi connectivity index (χ2n) is 4.77. The lowest BCUT2D eigenvalue weighted by atomic mass is 10.2. The number of hydrogen-bond acceptors (Lipinski definition) is 4. The topological polar surface area (TPSA) is 101 Å². The number of carboxylic acids is 2. The quantitative estimate of drug-likeness (QED) is 0.767. The van der Waals surface area contributed by atoms with Crippen molar-refractivity contribution >= 4 is 17.5 Å². The molecule has 0 aliphatic heterocycles. The Morgan fingerprint density at radius 1 is 1.09 bits per heavy atom. The number of nitrogens with zero attached hydrogens (tertiary/aromatic N) is 2. The smallest absolute Gasteiger partial charge is 0.356 e. The van der Waals surface area contributed by atoms with Crippen molar-refractivity contribution in [2.75, 3.05) is 7.11 Å². The molecule has 2 heterocycles. The first-order chi connectivity index (χ1) is 11.0. The van der Waals surface area contributed by atoms with E-state index in [1.165, 1.54) is 29.8 Å². The Labute approximate surface area is 130 Å². The Kier molecular flexibility index (Phi) is 3.46. The Balaban J connectivity index is 2.37. The van der Waals surface area contributed by atoms with Crippen molar-refractivity contribution in [1.82, 2.24) is 9.38 Å². The molecule has 3 rings (SSSR count). The molecule has 116 valence electrons. The zero-order valence-electron chi connectivity index (χ0n) is 12.1. The molecule has 7 heteroatoms. The number of imidazole rings is 1. The molecule has 0 aliphatic rings. The number of carboxylic acid groups (broad SMARTS) is 2. The fourth-order valence-corrected chi connectivity index (χ4v) is 2.39.